The number of aromatic nitrogens is 3. The van der Waals surface area contributed by atoms with Gasteiger partial charge in [-0.15, -0.1) is 11.3 Å². The first-order chi connectivity index (χ1) is 12.8. The Labute approximate surface area is 155 Å². The van der Waals surface area contributed by atoms with E-state index in [9.17, 15) is 4.79 Å². The van der Waals surface area contributed by atoms with Gasteiger partial charge in [-0.2, -0.15) is 5.10 Å². The van der Waals surface area contributed by atoms with Gasteiger partial charge in [0.2, 0.25) is 0 Å². The molecule has 0 spiro atoms. The van der Waals surface area contributed by atoms with Gasteiger partial charge in [0.05, 0.1) is 29.4 Å². The summed E-state index contributed by atoms with van der Waals surface area (Å²) in [6, 6.07) is 15.7. The molecule has 1 amide bonds. The van der Waals surface area contributed by atoms with Gasteiger partial charge in [0.15, 0.2) is 5.65 Å². The third-order valence-corrected chi connectivity index (χ3v) is 5.10. The molecule has 0 saturated carbocycles. The second kappa shape index (κ2) is 7.09. The van der Waals surface area contributed by atoms with Crippen molar-refractivity contribution in [3.8, 4) is 11.3 Å². The number of thiophene rings is 1. The molecule has 1 aromatic carbocycles. The molecule has 1 N–H and O–H groups in total. The summed E-state index contributed by atoms with van der Waals surface area (Å²) in [5.74, 6) is -0.112. The van der Waals surface area contributed by atoms with Gasteiger partial charge in [-0.25, -0.2) is 9.67 Å². The summed E-state index contributed by atoms with van der Waals surface area (Å²) >= 11 is 1.63. The molecule has 4 aromatic rings. The average molecular weight is 362 g/mol. The lowest BCUT2D eigenvalue weighted by molar-refractivity contribution is 0.0953. The maximum Gasteiger partial charge on any atom is 0.252 e. The molecular weight excluding hydrogens is 344 g/mol. The number of benzene rings is 1. The zero-order chi connectivity index (χ0) is 17.9. The van der Waals surface area contributed by atoms with E-state index in [2.05, 4.69) is 10.4 Å². The van der Waals surface area contributed by atoms with Crippen molar-refractivity contribution in [2.24, 2.45) is 0 Å². The second-order valence-electron chi connectivity index (χ2n) is 5.88. The lowest BCUT2D eigenvalue weighted by Gasteiger charge is -2.09. The van der Waals surface area contributed by atoms with Crippen molar-refractivity contribution in [2.45, 2.75) is 20.0 Å². The van der Waals surface area contributed by atoms with Gasteiger partial charge in [0.1, 0.15) is 0 Å². The van der Waals surface area contributed by atoms with Gasteiger partial charge in [0, 0.05) is 17.0 Å². The summed E-state index contributed by atoms with van der Waals surface area (Å²) < 4.78 is 1.82. The monoisotopic (exact) mass is 362 g/mol. The summed E-state index contributed by atoms with van der Waals surface area (Å²) in [6.45, 7) is 3.23. The van der Waals surface area contributed by atoms with Crippen molar-refractivity contribution >= 4 is 28.3 Å². The Morgan fingerprint density at radius 2 is 2.04 bits per heavy atom. The van der Waals surface area contributed by atoms with E-state index in [1.807, 2.05) is 65.5 Å². The number of carbonyl (C=O) groups is 1. The maximum atomic E-state index is 12.9. The van der Waals surface area contributed by atoms with Gasteiger partial charge >= 0.3 is 0 Å². The molecule has 0 bridgehead atoms. The van der Waals surface area contributed by atoms with Crippen LogP contribution in [0.4, 0.5) is 0 Å². The molecule has 26 heavy (non-hydrogen) atoms. The molecule has 0 atom stereocenters. The normalized spacial score (nSPS) is 11.0. The Bertz CT molecular complexity index is 1040. The number of hydrogen-bond donors (Lipinski definition) is 1. The Morgan fingerprint density at radius 3 is 2.77 bits per heavy atom. The fraction of sp³-hybridized carbons (Fsp3) is 0.150. The predicted molar refractivity (Wildman–Crippen MR) is 104 cm³/mol. The molecular formula is C20H18N4OS. The van der Waals surface area contributed by atoms with E-state index in [0.29, 0.717) is 18.7 Å². The fourth-order valence-electron chi connectivity index (χ4n) is 2.90. The summed E-state index contributed by atoms with van der Waals surface area (Å²) in [5, 5.41) is 10.2. The summed E-state index contributed by atoms with van der Waals surface area (Å²) in [5.41, 5.74) is 3.08. The van der Waals surface area contributed by atoms with Crippen LogP contribution in [-0.4, -0.2) is 20.7 Å². The van der Waals surface area contributed by atoms with Crippen LogP contribution in [-0.2, 0) is 13.1 Å². The average Bonchev–Trinajstić information content (AvgIpc) is 3.35. The van der Waals surface area contributed by atoms with Crippen molar-refractivity contribution < 1.29 is 4.79 Å². The van der Waals surface area contributed by atoms with E-state index in [4.69, 9.17) is 4.98 Å². The maximum absolute atomic E-state index is 12.9. The highest BCUT2D eigenvalue weighted by molar-refractivity contribution is 7.09. The van der Waals surface area contributed by atoms with Crippen LogP contribution in [0.25, 0.3) is 22.3 Å². The minimum atomic E-state index is -0.112. The fourth-order valence-corrected chi connectivity index (χ4v) is 3.54. The minimum Gasteiger partial charge on any atom is -0.347 e. The highest BCUT2D eigenvalue weighted by atomic mass is 32.1. The van der Waals surface area contributed by atoms with Crippen LogP contribution in [0.2, 0.25) is 0 Å². The molecule has 0 aliphatic rings. The number of nitrogens with one attached hydrogen (secondary N) is 1. The van der Waals surface area contributed by atoms with Crippen LogP contribution < -0.4 is 5.32 Å². The highest BCUT2D eigenvalue weighted by Crippen LogP contribution is 2.25. The van der Waals surface area contributed by atoms with Crippen molar-refractivity contribution in [1.29, 1.82) is 0 Å². The standard InChI is InChI=1S/C20H18N4OS/c1-2-24-19-17(13-22-24)16(20(25)21-12-15-9-6-10-26-15)11-18(23-19)14-7-4-3-5-8-14/h3-11,13H,2,12H2,1H3,(H,21,25). The minimum absolute atomic E-state index is 0.112. The quantitative estimate of drug-likeness (QED) is 0.581. The van der Waals surface area contributed by atoms with Crippen molar-refractivity contribution in [3.63, 3.8) is 0 Å². The number of nitrogens with zero attached hydrogens (tertiary/aromatic N) is 3. The SMILES string of the molecule is CCn1ncc2c(C(=O)NCc3cccs3)cc(-c3ccccc3)nc21. The lowest BCUT2D eigenvalue weighted by Crippen LogP contribution is -2.22. The molecule has 5 nitrogen and oxygen atoms in total. The molecule has 6 heteroatoms. The van der Waals surface area contributed by atoms with Gasteiger partial charge in [-0.1, -0.05) is 36.4 Å². The molecule has 0 aliphatic carbocycles. The Morgan fingerprint density at radius 1 is 1.19 bits per heavy atom. The van der Waals surface area contributed by atoms with Crippen LogP contribution in [0.3, 0.4) is 0 Å². The molecule has 0 aliphatic heterocycles. The Balaban J connectivity index is 1.76. The van der Waals surface area contributed by atoms with E-state index >= 15 is 0 Å². The molecule has 3 aromatic heterocycles. The molecule has 0 saturated heterocycles. The molecule has 0 unspecified atom stereocenters. The molecule has 3 heterocycles. The highest BCUT2D eigenvalue weighted by Gasteiger charge is 2.17. The van der Waals surface area contributed by atoms with E-state index in [1.165, 1.54) is 0 Å². The predicted octanol–water partition coefficient (Wildman–Crippen LogP) is 4.11. The van der Waals surface area contributed by atoms with Gasteiger partial charge in [0.25, 0.3) is 5.91 Å². The van der Waals surface area contributed by atoms with Crippen LogP contribution in [0.1, 0.15) is 22.2 Å². The van der Waals surface area contributed by atoms with Crippen LogP contribution in [0.15, 0.2) is 60.1 Å². The van der Waals surface area contributed by atoms with Crippen LogP contribution in [0, 0.1) is 0 Å². The van der Waals surface area contributed by atoms with E-state index in [1.54, 1.807) is 17.5 Å². The van der Waals surface area contributed by atoms with Crippen molar-refractivity contribution in [1.82, 2.24) is 20.1 Å². The first kappa shape index (κ1) is 16.5. The van der Waals surface area contributed by atoms with Crippen LogP contribution >= 0.6 is 11.3 Å². The van der Waals surface area contributed by atoms with Gasteiger partial charge in [-0.3, -0.25) is 4.79 Å². The van der Waals surface area contributed by atoms with E-state index < -0.39 is 0 Å². The number of carbonyl (C=O) groups excluding carboxylic acids is 1. The zero-order valence-electron chi connectivity index (χ0n) is 14.3. The number of rotatable bonds is 5. The number of aryl methyl sites for hydroxylation is 1. The summed E-state index contributed by atoms with van der Waals surface area (Å²) in [4.78, 5) is 18.7. The van der Waals surface area contributed by atoms with Crippen molar-refractivity contribution in [2.75, 3.05) is 0 Å². The third-order valence-electron chi connectivity index (χ3n) is 4.23. The van der Waals surface area contributed by atoms with E-state index in [0.717, 1.165) is 27.2 Å². The van der Waals surface area contributed by atoms with Crippen molar-refractivity contribution in [3.05, 3.63) is 70.5 Å². The second-order valence-corrected chi connectivity index (χ2v) is 6.91. The van der Waals surface area contributed by atoms with E-state index in [-0.39, 0.29) is 5.91 Å². The number of fused-ring (bicyclic) bond motifs is 1. The Hall–Kier alpha value is -2.99. The molecule has 4 rings (SSSR count). The third kappa shape index (κ3) is 3.11. The Kier molecular flexibility index (Phi) is 4.50. The van der Waals surface area contributed by atoms with Gasteiger partial charge < -0.3 is 5.32 Å². The molecule has 0 fully saturated rings. The first-order valence-corrected chi connectivity index (χ1v) is 9.37. The zero-order valence-corrected chi connectivity index (χ0v) is 15.2. The summed E-state index contributed by atoms with van der Waals surface area (Å²) in [6.07, 6.45) is 1.72. The first-order valence-electron chi connectivity index (χ1n) is 8.49. The topological polar surface area (TPSA) is 59.8 Å². The molecule has 130 valence electrons. The largest absolute Gasteiger partial charge is 0.347 e. The lowest BCUT2D eigenvalue weighted by atomic mass is 10.1. The smallest absolute Gasteiger partial charge is 0.252 e. The molecule has 0 radical (unpaired) electrons. The summed E-state index contributed by atoms with van der Waals surface area (Å²) in [7, 11) is 0. The number of amides is 1. The number of hydrogen-bond acceptors (Lipinski definition) is 4. The van der Waals surface area contributed by atoms with Crippen LogP contribution in [0.5, 0.6) is 0 Å². The van der Waals surface area contributed by atoms with Gasteiger partial charge in [-0.05, 0) is 24.4 Å². The number of pyridine rings is 1.